The van der Waals surface area contributed by atoms with Crippen molar-refractivity contribution in [3.63, 3.8) is 0 Å². The molecule has 5 N–H and O–H groups in total. The van der Waals surface area contributed by atoms with Gasteiger partial charge in [-0.25, -0.2) is 10.5 Å². The van der Waals surface area contributed by atoms with E-state index in [-0.39, 0.29) is 18.6 Å². The van der Waals surface area contributed by atoms with Crippen molar-refractivity contribution in [2.24, 2.45) is 5.84 Å². The van der Waals surface area contributed by atoms with E-state index in [0.717, 1.165) is 0 Å². The van der Waals surface area contributed by atoms with Gasteiger partial charge in [0.15, 0.2) is 0 Å². The van der Waals surface area contributed by atoms with E-state index in [2.05, 4.69) is 30.8 Å². The topological polar surface area (TPSA) is 127 Å². The van der Waals surface area contributed by atoms with Crippen LogP contribution >= 0.6 is 0 Å². The van der Waals surface area contributed by atoms with Gasteiger partial charge in [0.25, 0.3) is 5.95 Å². The molecular formula is C10H16N8O. The quantitative estimate of drug-likeness (QED) is 0.407. The monoisotopic (exact) mass is 264 g/mol. The van der Waals surface area contributed by atoms with Crippen molar-refractivity contribution >= 4 is 11.9 Å². The minimum absolute atomic E-state index is 0.0310. The maximum Gasteiger partial charge on any atom is 0.257 e. The van der Waals surface area contributed by atoms with Crippen LogP contribution in [-0.4, -0.2) is 42.5 Å². The van der Waals surface area contributed by atoms with E-state index in [1.807, 2.05) is 6.92 Å². The zero-order chi connectivity index (χ0) is 13.7. The van der Waals surface area contributed by atoms with Gasteiger partial charge in [0.2, 0.25) is 11.9 Å². The number of nitrogens with two attached hydrogens (primary N) is 1. The fourth-order valence-corrected chi connectivity index (χ4v) is 1.47. The second-order valence-corrected chi connectivity index (χ2v) is 3.94. The Bertz CT molecular complexity index is 514. The maximum absolute atomic E-state index is 8.88. The van der Waals surface area contributed by atoms with E-state index in [0.29, 0.717) is 18.3 Å². The number of aliphatic hydroxyl groups excluding tert-OH is 1. The normalized spacial score (nSPS) is 12.2. The Morgan fingerprint density at radius 1 is 1.37 bits per heavy atom. The first kappa shape index (κ1) is 13.2. The third-order valence-electron chi connectivity index (χ3n) is 2.40. The molecule has 0 radical (unpaired) electrons. The van der Waals surface area contributed by atoms with E-state index < -0.39 is 0 Å². The first-order chi connectivity index (χ1) is 9.22. The summed E-state index contributed by atoms with van der Waals surface area (Å²) in [6, 6.07) is 1.80. The summed E-state index contributed by atoms with van der Waals surface area (Å²) in [5, 5.41) is 16.0. The van der Waals surface area contributed by atoms with E-state index >= 15 is 0 Å². The van der Waals surface area contributed by atoms with Crippen LogP contribution in [0, 0.1) is 0 Å². The smallest absolute Gasteiger partial charge is 0.257 e. The average Bonchev–Trinajstić information content (AvgIpc) is 2.92. The largest absolute Gasteiger partial charge is 0.396 e. The number of nitrogen functional groups attached to an aromatic ring is 1. The summed E-state index contributed by atoms with van der Waals surface area (Å²) in [4.78, 5) is 12.4. The average molecular weight is 264 g/mol. The second-order valence-electron chi connectivity index (χ2n) is 3.94. The molecule has 2 aromatic rings. The molecule has 0 saturated carbocycles. The van der Waals surface area contributed by atoms with Crippen molar-refractivity contribution < 1.29 is 5.11 Å². The molecule has 0 aliphatic heterocycles. The summed E-state index contributed by atoms with van der Waals surface area (Å²) >= 11 is 0. The second kappa shape index (κ2) is 6.07. The van der Waals surface area contributed by atoms with E-state index in [1.165, 1.54) is 4.68 Å². The molecule has 19 heavy (non-hydrogen) atoms. The Balaban J connectivity index is 2.26. The van der Waals surface area contributed by atoms with Crippen molar-refractivity contribution in [3.05, 3.63) is 18.5 Å². The molecule has 9 heteroatoms. The van der Waals surface area contributed by atoms with Gasteiger partial charge in [0.1, 0.15) is 0 Å². The van der Waals surface area contributed by atoms with Crippen molar-refractivity contribution in [3.8, 4) is 5.95 Å². The summed E-state index contributed by atoms with van der Waals surface area (Å²) in [7, 11) is 0. The zero-order valence-corrected chi connectivity index (χ0v) is 10.5. The minimum atomic E-state index is 0.0310. The predicted molar refractivity (Wildman–Crippen MR) is 69.5 cm³/mol. The van der Waals surface area contributed by atoms with Crippen LogP contribution in [0.3, 0.4) is 0 Å². The molecule has 0 aromatic carbocycles. The molecule has 2 rings (SSSR count). The number of aliphatic hydroxyl groups is 1. The van der Waals surface area contributed by atoms with Crippen molar-refractivity contribution in [2.75, 3.05) is 17.3 Å². The van der Waals surface area contributed by atoms with Crippen molar-refractivity contribution in [1.29, 1.82) is 0 Å². The van der Waals surface area contributed by atoms with Crippen LogP contribution in [0.25, 0.3) is 5.95 Å². The molecule has 2 aromatic heterocycles. The molecule has 102 valence electrons. The minimum Gasteiger partial charge on any atom is -0.396 e. The maximum atomic E-state index is 8.88. The predicted octanol–water partition coefficient (Wildman–Crippen LogP) is -0.474. The van der Waals surface area contributed by atoms with E-state index in [1.54, 1.807) is 18.5 Å². The van der Waals surface area contributed by atoms with Gasteiger partial charge in [-0.2, -0.15) is 20.1 Å². The molecule has 0 saturated heterocycles. The van der Waals surface area contributed by atoms with Gasteiger partial charge in [-0.15, -0.1) is 0 Å². The van der Waals surface area contributed by atoms with E-state index in [9.17, 15) is 0 Å². The highest BCUT2D eigenvalue weighted by molar-refractivity contribution is 5.37. The molecule has 2 heterocycles. The lowest BCUT2D eigenvalue weighted by Gasteiger charge is -2.13. The summed E-state index contributed by atoms with van der Waals surface area (Å²) in [5.41, 5.74) is 2.38. The van der Waals surface area contributed by atoms with Gasteiger partial charge in [0, 0.05) is 25.0 Å². The lowest BCUT2D eigenvalue weighted by atomic mass is 10.2. The highest BCUT2D eigenvalue weighted by atomic mass is 16.3. The Labute approximate surface area is 109 Å². The van der Waals surface area contributed by atoms with Gasteiger partial charge in [-0.1, -0.05) is 0 Å². The van der Waals surface area contributed by atoms with Crippen LogP contribution in [0.4, 0.5) is 11.9 Å². The van der Waals surface area contributed by atoms with Crippen LogP contribution in [0.15, 0.2) is 18.5 Å². The Kier molecular flexibility index (Phi) is 4.21. The number of hydrogen-bond acceptors (Lipinski definition) is 8. The van der Waals surface area contributed by atoms with Crippen LogP contribution in [0.5, 0.6) is 0 Å². The summed E-state index contributed by atoms with van der Waals surface area (Å²) in [6.07, 6.45) is 3.94. The molecule has 1 unspecified atom stereocenters. The Hall–Kier alpha value is -2.26. The molecule has 0 aliphatic carbocycles. The number of nitrogens with zero attached hydrogens (tertiary/aromatic N) is 5. The SMILES string of the molecule is CC(CCO)Nc1nc(NN)nc(-n2cccn2)n1. The van der Waals surface area contributed by atoms with Crippen LogP contribution in [0.2, 0.25) is 0 Å². The first-order valence-electron chi connectivity index (χ1n) is 5.83. The van der Waals surface area contributed by atoms with Crippen LogP contribution < -0.4 is 16.6 Å². The first-order valence-corrected chi connectivity index (χ1v) is 5.83. The van der Waals surface area contributed by atoms with Crippen LogP contribution in [0.1, 0.15) is 13.3 Å². The number of hydrogen-bond donors (Lipinski definition) is 4. The number of hydrazine groups is 1. The Morgan fingerprint density at radius 2 is 2.16 bits per heavy atom. The van der Waals surface area contributed by atoms with Gasteiger partial charge in [0.05, 0.1) is 0 Å². The van der Waals surface area contributed by atoms with Crippen LogP contribution in [-0.2, 0) is 0 Å². The lowest BCUT2D eigenvalue weighted by Crippen LogP contribution is -2.21. The van der Waals surface area contributed by atoms with Gasteiger partial charge < -0.3 is 10.4 Å². The zero-order valence-electron chi connectivity index (χ0n) is 10.5. The van der Waals surface area contributed by atoms with Crippen molar-refractivity contribution in [2.45, 2.75) is 19.4 Å². The summed E-state index contributed by atoms with van der Waals surface area (Å²) in [5.74, 6) is 6.29. The fourth-order valence-electron chi connectivity index (χ4n) is 1.47. The number of nitrogens with one attached hydrogen (secondary N) is 2. The third kappa shape index (κ3) is 3.36. The molecule has 1 atom stereocenters. The highest BCUT2D eigenvalue weighted by Gasteiger charge is 2.09. The van der Waals surface area contributed by atoms with Crippen molar-refractivity contribution in [1.82, 2.24) is 24.7 Å². The molecule has 9 nitrogen and oxygen atoms in total. The summed E-state index contributed by atoms with van der Waals surface area (Å²) < 4.78 is 1.50. The van der Waals surface area contributed by atoms with Gasteiger partial charge in [-0.05, 0) is 19.4 Å². The Morgan fingerprint density at radius 3 is 2.79 bits per heavy atom. The molecule has 0 fully saturated rings. The van der Waals surface area contributed by atoms with Gasteiger partial charge >= 0.3 is 0 Å². The highest BCUT2D eigenvalue weighted by Crippen LogP contribution is 2.09. The standard InChI is InChI=1S/C10H16N8O/c1-7(3-6-19)13-8-14-9(17-11)16-10(15-8)18-5-2-4-12-18/h2,4-5,7,19H,3,6,11H2,1H3,(H2,13,14,15,16,17). The molecule has 0 spiro atoms. The van der Waals surface area contributed by atoms with E-state index in [4.69, 9.17) is 10.9 Å². The van der Waals surface area contributed by atoms with Gasteiger partial charge in [-0.3, -0.25) is 5.43 Å². The number of anilines is 2. The molecule has 0 aliphatic rings. The lowest BCUT2D eigenvalue weighted by molar-refractivity contribution is 0.282. The molecule has 0 amide bonds. The third-order valence-corrected chi connectivity index (χ3v) is 2.40. The fraction of sp³-hybridized carbons (Fsp3) is 0.400. The molecular weight excluding hydrogens is 248 g/mol. The number of aromatic nitrogens is 5. The summed E-state index contributed by atoms with van der Waals surface area (Å²) in [6.45, 7) is 2.01. The number of rotatable bonds is 6. The molecule has 0 bridgehead atoms.